The van der Waals surface area contributed by atoms with E-state index >= 15 is 0 Å². The molecule has 17 heavy (non-hydrogen) atoms. The van der Waals surface area contributed by atoms with Crippen LogP contribution in [0.4, 0.5) is 0 Å². The summed E-state index contributed by atoms with van der Waals surface area (Å²) >= 11 is 0. The number of carbonyl (C=O) groups is 1. The molecule has 0 saturated heterocycles. The van der Waals surface area contributed by atoms with E-state index in [4.69, 9.17) is 9.84 Å². The molecule has 0 amide bonds. The molecule has 1 aromatic carbocycles. The number of hydrogen-bond acceptors (Lipinski definition) is 2. The Bertz CT molecular complexity index is 584. The first kappa shape index (κ1) is 11.5. The Morgan fingerprint density at radius 2 is 2.18 bits per heavy atom. The van der Waals surface area contributed by atoms with Crippen LogP contribution in [0.25, 0.3) is 10.9 Å². The van der Waals surface area contributed by atoms with Crippen molar-refractivity contribution in [3.63, 3.8) is 0 Å². The molecule has 0 unspecified atom stereocenters. The minimum Gasteiger partial charge on any atom is -0.497 e. The summed E-state index contributed by atoms with van der Waals surface area (Å²) in [7, 11) is 3.55. The summed E-state index contributed by atoms with van der Waals surface area (Å²) in [5.74, 6) is -0.0311. The number of aryl methyl sites for hydroxylation is 1. The van der Waals surface area contributed by atoms with E-state index in [-0.39, 0.29) is 6.42 Å². The first-order valence-electron chi connectivity index (χ1n) is 5.38. The Labute approximate surface area is 99.4 Å². The molecule has 4 heteroatoms. The highest BCUT2D eigenvalue weighted by molar-refractivity contribution is 5.89. The molecule has 0 aliphatic heterocycles. The lowest BCUT2D eigenvalue weighted by molar-refractivity contribution is -0.136. The molecular formula is C13H15NO3. The quantitative estimate of drug-likeness (QED) is 0.883. The number of fused-ring (bicyclic) bond motifs is 1. The number of nitrogens with zero attached hydrogens (tertiary/aromatic N) is 1. The van der Waals surface area contributed by atoms with Gasteiger partial charge in [-0.2, -0.15) is 0 Å². The van der Waals surface area contributed by atoms with Gasteiger partial charge in [0.15, 0.2) is 0 Å². The van der Waals surface area contributed by atoms with Crippen molar-refractivity contribution < 1.29 is 14.6 Å². The van der Waals surface area contributed by atoms with Gasteiger partial charge in [-0.15, -0.1) is 0 Å². The standard InChI is InChI=1S/C13H15NO3/c1-8-11(7-13(15)16)10-5-4-9(17-3)6-12(10)14(8)2/h4-6H,7H2,1-3H3,(H,15,16). The average molecular weight is 233 g/mol. The number of hydrogen-bond donors (Lipinski definition) is 1. The van der Waals surface area contributed by atoms with E-state index in [1.807, 2.05) is 36.7 Å². The summed E-state index contributed by atoms with van der Waals surface area (Å²) < 4.78 is 7.17. The highest BCUT2D eigenvalue weighted by Crippen LogP contribution is 2.28. The second-order valence-electron chi connectivity index (χ2n) is 4.08. The van der Waals surface area contributed by atoms with E-state index in [0.29, 0.717) is 0 Å². The van der Waals surface area contributed by atoms with Gasteiger partial charge < -0.3 is 14.4 Å². The van der Waals surface area contributed by atoms with Crippen LogP contribution in [0.5, 0.6) is 5.75 Å². The number of carboxylic acid groups (broad SMARTS) is 1. The average Bonchev–Trinajstić information content (AvgIpc) is 2.54. The zero-order valence-corrected chi connectivity index (χ0v) is 10.2. The molecule has 0 fully saturated rings. The summed E-state index contributed by atoms with van der Waals surface area (Å²) in [5.41, 5.74) is 2.85. The second kappa shape index (κ2) is 4.13. The Morgan fingerprint density at radius 1 is 1.47 bits per heavy atom. The van der Waals surface area contributed by atoms with Crippen molar-refractivity contribution >= 4 is 16.9 Å². The molecule has 0 saturated carbocycles. The van der Waals surface area contributed by atoms with Gasteiger partial charge in [0.2, 0.25) is 0 Å². The van der Waals surface area contributed by atoms with Crippen LogP contribution in [-0.2, 0) is 18.3 Å². The topological polar surface area (TPSA) is 51.5 Å². The van der Waals surface area contributed by atoms with Crippen LogP contribution in [0, 0.1) is 6.92 Å². The van der Waals surface area contributed by atoms with Crippen LogP contribution in [0.3, 0.4) is 0 Å². The Balaban J connectivity index is 2.68. The fourth-order valence-electron chi connectivity index (χ4n) is 2.12. The number of ether oxygens (including phenoxy) is 1. The van der Waals surface area contributed by atoms with Gasteiger partial charge in [-0.1, -0.05) is 0 Å². The third kappa shape index (κ3) is 1.86. The van der Waals surface area contributed by atoms with Gasteiger partial charge in [0, 0.05) is 24.2 Å². The van der Waals surface area contributed by atoms with Crippen molar-refractivity contribution in [1.82, 2.24) is 4.57 Å². The summed E-state index contributed by atoms with van der Waals surface area (Å²) in [5, 5.41) is 9.91. The van der Waals surface area contributed by atoms with E-state index in [2.05, 4.69) is 0 Å². The van der Waals surface area contributed by atoms with E-state index in [1.165, 1.54) is 0 Å². The molecule has 1 heterocycles. The van der Waals surface area contributed by atoms with Gasteiger partial charge in [0.1, 0.15) is 5.75 Å². The molecule has 0 atom stereocenters. The van der Waals surface area contributed by atoms with Crippen LogP contribution in [0.1, 0.15) is 11.3 Å². The van der Waals surface area contributed by atoms with Crippen LogP contribution in [0.15, 0.2) is 18.2 Å². The van der Waals surface area contributed by atoms with Crippen LogP contribution in [0.2, 0.25) is 0 Å². The van der Waals surface area contributed by atoms with Crippen LogP contribution < -0.4 is 4.74 Å². The van der Waals surface area contributed by atoms with Gasteiger partial charge in [-0.25, -0.2) is 0 Å². The van der Waals surface area contributed by atoms with Crippen molar-refractivity contribution in [2.75, 3.05) is 7.11 Å². The fraction of sp³-hybridized carbons (Fsp3) is 0.308. The molecule has 90 valence electrons. The van der Waals surface area contributed by atoms with Gasteiger partial charge in [0.25, 0.3) is 0 Å². The smallest absolute Gasteiger partial charge is 0.307 e. The highest BCUT2D eigenvalue weighted by atomic mass is 16.5. The summed E-state index contributed by atoms with van der Waals surface area (Å²) in [6.45, 7) is 1.94. The fourth-order valence-corrected chi connectivity index (χ4v) is 2.12. The summed E-state index contributed by atoms with van der Waals surface area (Å²) in [6.07, 6.45) is 0.0511. The number of methoxy groups -OCH3 is 1. The first-order chi connectivity index (χ1) is 8.04. The summed E-state index contributed by atoms with van der Waals surface area (Å²) in [4.78, 5) is 10.9. The van der Waals surface area contributed by atoms with Crippen molar-refractivity contribution in [3.05, 3.63) is 29.5 Å². The molecule has 0 aliphatic rings. The molecule has 1 aromatic heterocycles. The van der Waals surface area contributed by atoms with E-state index in [1.54, 1.807) is 7.11 Å². The van der Waals surface area contributed by atoms with Gasteiger partial charge in [-0.3, -0.25) is 4.79 Å². The number of aliphatic carboxylic acids is 1. The Hall–Kier alpha value is -1.97. The molecule has 0 spiro atoms. The van der Waals surface area contributed by atoms with Crippen LogP contribution >= 0.6 is 0 Å². The lowest BCUT2D eigenvalue weighted by Gasteiger charge is -2.01. The predicted octanol–water partition coefficient (Wildman–Crippen LogP) is 2.12. The van der Waals surface area contributed by atoms with Crippen LogP contribution in [-0.4, -0.2) is 22.8 Å². The van der Waals surface area contributed by atoms with Crippen molar-refractivity contribution in [2.24, 2.45) is 7.05 Å². The maximum Gasteiger partial charge on any atom is 0.307 e. The first-order valence-corrected chi connectivity index (χ1v) is 5.38. The van der Waals surface area contributed by atoms with Crippen molar-refractivity contribution in [2.45, 2.75) is 13.3 Å². The molecule has 2 rings (SSSR count). The predicted molar refractivity (Wildman–Crippen MR) is 65.5 cm³/mol. The zero-order valence-electron chi connectivity index (χ0n) is 10.2. The lowest BCUT2D eigenvalue weighted by Crippen LogP contribution is -2.01. The molecule has 0 bridgehead atoms. The summed E-state index contributed by atoms with van der Waals surface area (Å²) in [6, 6.07) is 5.69. The minimum atomic E-state index is -0.809. The largest absolute Gasteiger partial charge is 0.497 e. The molecule has 0 aliphatic carbocycles. The molecule has 4 nitrogen and oxygen atoms in total. The zero-order chi connectivity index (χ0) is 12.6. The Morgan fingerprint density at radius 3 is 2.76 bits per heavy atom. The third-order valence-electron chi connectivity index (χ3n) is 3.16. The third-order valence-corrected chi connectivity index (χ3v) is 3.16. The Kier molecular flexibility index (Phi) is 2.79. The van der Waals surface area contributed by atoms with Gasteiger partial charge >= 0.3 is 5.97 Å². The minimum absolute atomic E-state index is 0.0511. The molecule has 1 N–H and O–H groups in total. The maximum absolute atomic E-state index is 10.9. The van der Waals surface area contributed by atoms with Gasteiger partial charge in [-0.05, 0) is 24.6 Å². The molecule has 2 aromatic rings. The number of carboxylic acids is 1. The van der Waals surface area contributed by atoms with E-state index in [9.17, 15) is 4.79 Å². The monoisotopic (exact) mass is 233 g/mol. The maximum atomic E-state index is 10.9. The SMILES string of the molecule is COc1ccc2c(CC(=O)O)c(C)n(C)c2c1. The van der Waals surface area contributed by atoms with Crippen molar-refractivity contribution in [1.29, 1.82) is 0 Å². The van der Waals surface area contributed by atoms with Crippen molar-refractivity contribution in [3.8, 4) is 5.75 Å². The second-order valence-corrected chi connectivity index (χ2v) is 4.08. The normalized spacial score (nSPS) is 10.8. The molecular weight excluding hydrogens is 218 g/mol. The van der Waals surface area contributed by atoms with Gasteiger partial charge in [0.05, 0.1) is 19.0 Å². The lowest BCUT2D eigenvalue weighted by atomic mass is 10.1. The molecule has 0 radical (unpaired) electrons. The number of aromatic nitrogens is 1. The van der Waals surface area contributed by atoms with E-state index < -0.39 is 5.97 Å². The number of rotatable bonds is 3. The van der Waals surface area contributed by atoms with E-state index in [0.717, 1.165) is 27.9 Å². The highest BCUT2D eigenvalue weighted by Gasteiger charge is 2.14. The number of benzene rings is 1.